The summed E-state index contributed by atoms with van der Waals surface area (Å²) in [7, 11) is 1.85. The fourth-order valence-electron chi connectivity index (χ4n) is 4.00. The number of nitrogens with zero attached hydrogens (tertiary/aromatic N) is 3. The van der Waals surface area contributed by atoms with Gasteiger partial charge < -0.3 is 25.9 Å². The van der Waals surface area contributed by atoms with E-state index in [0.717, 1.165) is 45.8 Å². The van der Waals surface area contributed by atoms with Crippen molar-refractivity contribution in [1.82, 2.24) is 10.0 Å². The number of fused-ring (bicyclic) bond motifs is 1. The number of anilines is 1. The van der Waals surface area contributed by atoms with Gasteiger partial charge in [0.05, 0.1) is 18.3 Å². The number of hydrogen-bond acceptors (Lipinski definition) is 8. The number of aliphatic hydroxyl groups excluding tert-OH is 1. The van der Waals surface area contributed by atoms with Crippen molar-refractivity contribution in [2.75, 3.05) is 32.1 Å². The first-order valence-electron chi connectivity index (χ1n) is 11.0. The lowest BCUT2D eigenvalue weighted by Crippen LogP contribution is -2.31. The quantitative estimate of drug-likeness (QED) is 0.277. The van der Waals surface area contributed by atoms with Gasteiger partial charge in [-0.25, -0.2) is 5.84 Å². The number of hydrogen-bond donors (Lipinski definition) is 4. The van der Waals surface area contributed by atoms with Gasteiger partial charge >= 0.3 is 0 Å². The summed E-state index contributed by atoms with van der Waals surface area (Å²) < 4.78 is 5.47. The highest BCUT2D eigenvalue weighted by atomic mass is 16.5. The lowest BCUT2D eigenvalue weighted by molar-refractivity contribution is 0.201. The summed E-state index contributed by atoms with van der Waals surface area (Å²) in [4.78, 5) is 0. The Balaban J connectivity index is 2.00. The normalized spacial score (nSPS) is 17.7. The SMILES string of the molecule is C=NN(C)/C=C(\C)c1ccc2c(c1)C(Nc1ccc(OCCO)cc1)CCN(N)/C2=C(/C)N. The van der Waals surface area contributed by atoms with Crippen LogP contribution in [0.3, 0.4) is 0 Å². The molecule has 33 heavy (non-hydrogen) atoms. The first-order valence-corrected chi connectivity index (χ1v) is 11.0. The molecule has 1 aliphatic heterocycles. The molecule has 1 heterocycles. The average molecular weight is 451 g/mol. The molecule has 0 fully saturated rings. The average Bonchev–Trinajstić information content (AvgIpc) is 2.94. The number of ether oxygens (including phenoxy) is 1. The Morgan fingerprint density at radius 1 is 1.30 bits per heavy atom. The molecule has 0 bridgehead atoms. The number of rotatable bonds is 8. The third kappa shape index (κ3) is 5.85. The molecule has 0 saturated heterocycles. The Bertz CT molecular complexity index is 1030. The zero-order valence-corrected chi connectivity index (χ0v) is 19.6. The molecule has 6 N–H and O–H groups in total. The first-order chi connectivity index (χ1) is 15.8. The number of nitrogens with two attached hydrogens (primary N) is 2. The van der Waals surface area contributed by atoms with Gasteiger partial charge in [0.1, 0.15) is 12.4 Å². The Morgan fingerprint density at radius 3 is 2.67 bits per heavy atom. The van der Waals surface area contributed by atoms with Gasteiger partial charge in [-0.1, -0.05) is 12.1 Å². The van der Waals surface area contributed by atoms with Crippen LogP contribution in [0.25, 0.3) is 11.3 Å². The van der Waals surface area contributed by atoms with Gasteiger partial charge in [-0.3, -0.25) is 5.01 Å². The zero-order chi connectivity index (χ0) is 24.0. The third-order valence-electron chi connectivity index (χ3n) is 5.62. The lowest BCUT2D eigenvalue weighted by atomic mass is 9.93. The molecule has 2 aromatic carbocycles. The van der Waals surface area contributed by atoms with E-state index in [0.29, 0.717) is 12.2 Å². The van der Waals surface area contributed by atoms with E-state index in [1.807, 2.05) is 51.4 Å². The summed E-state index contributed by atoms with van der Waals surface area (Å²) in [5, 5.41) is 19.9. The van der Waals surface area contributed by atoms with Gasteiger partial charge in [0.25, 0.3) is 0 Å². The van der Waals surface area contributed by atoms with E-state index in [-0.39, 0.29) is 19.3 Å². The maximum Gasteiger partial charge on any atom is 0.119 e. The highest BCUT2D eigenvalue weighted by Gasteiger charge is 2.26. The smallest absolute Gasteiger partial charge is 0.119 e. The van der Waals surface area contributed by atoms with Crippen molar-refractivity contribution in [1.29, 1.82) is 0 Å². The minimum atomic E-state index is -0.0142. The molecular weight excluding hydrogens is 416 g/mol. The minimum Gasteiger partial charge on any atom is -0.491 e. The minimum absolute atomic E-state index is 0.0142. The molecule has 176 valence electrons. The van der Waals surface area contributed by atoms with Crippen LogP contribution < -0.4 is 21.6 Å². The molecule has 0 aromatic heterocycles. The van der Waals surface area contributed by atoms with Crippen LogP contribution in [0.15, 0.2) is 59.5 Å². The van der Waals surface area contributed by atoms with Crippen LogP contribution in [0, 0.1) is 0 Å². The van der Waals surface area contributed by atoms with E-state index in [1.54, 1.807) is 10.0 Å². The summed E-state index contributed by atoms with van der Waals surface area (Å²) >= 11 is 0. The van der Waals surface area contributed by atoms with Gasteiger partial charge in [-0.15, -0.1) is 0 Å². The monoisotopic (exact) mass is 450 g/mol. The predicted octanol–water partition coefficient (Wildman–Crippen LogP) is 3.35. The van der Waals surface area contributed by atoms with Gasteiger partial charge in [-0.2, -0.15) is 5.10 Å². The van der Waals surface area contributed by atoms with Crippen molar-refractivity contribution < 1.29 is 9.84 Å². The van der Waals surface area contributed by atoms with E-state index in [9.17, 15) is 0 Å². The fourth-order valence-corrected chi connectivity index (χ4v) is 4.00. The van der Waals surface area contributed by atoms with E-state index in [4.69, 9.17) is 21.4 Å². The highest BCUT2D eigenvalue weighted by Crippen LogP contribution is 2.36. The van der Waals surface area contributed by atoms with Crippen molar-refractivity contribution in [2.24, 2.45) is 16.7 Å². The predicted molar refractivity (Wildman–Crippen MR) is 135 cm³/mol. The van der Waals surface area contributed by atoms with Crippen molar-refractivity contribution in [3.8, 4) is 5.75 Å². The van der Waals surface area contributed by atoms with Gasteiger partial charge in [0.15, 0.2) is 0 Å². The molecule has 8 nitrogen and oxygen atoms in total. The van der Waals surface area contributed by atoms with Gasteiger partial charge in [-0.05, 0) is 67.3 Å². The molecule has 3 rings (SSSR count). The van der Waals surface area contributed by atoms with Gasteiger partial charge in [0, 0.05) is 43.5 Å². The van der Waals surface area contributed by atoms with Crippen molar-refractivity contribution in [3.05, 3.63) is 71.1 Å². The first kappa shape index (κ1) is 24.2. The number of aliphatic hydroxyl groups is 1. The summed E-state index contributed by atoms with van der Waals surface area (Å²) in [6.07, 6.45) is 2.74. The second kappa shape index (κ2) is 10.9. The molecule has 0 spiro atoms. The maximum absolute atomic E-state index is 8.94. The van der Waals surface area contributed by atoms with Crippen LogP contribution in [-0.2, 0) is 0 Å². The maximum atomic E-state index is 8.94. The molecule has 1 aliphatic rings. The van der Waals surface area contributed by atoms with Crippen LogP contribution in [0.2, 0.25) is 0 Å². The summed E-state index contributed by atoms with van der Waals surface area (Å²) in [6, 6.07) is 14.1. The largest absolute Gasteiger partial charge is 0.491 e. The van der Waals surface area contributed by atoms with Crippen LogP contribution in [0.5, 0.6) is 5.75 Å². The summed E-state index contributed by atoms with van der Waals surface area (Å²) in [5.41, 5.74) is 13.0. The molecule has 1 atom stereocenters. The number of allylic oxidation sites excluding steroid dienone is 2. The Hall–Kier alpha value is -3.49. The van der Waals surface area contributed by atoms with Crippen LogP contribution >= 0.6 is 0 Å². The van der Waals surface area contributed by atoms with Crippen molar-refractivity contribution >= 4 is 23.7 Å². The topological polar surface area (TPSA) is 112 Å². The molecule has 8 heteroatoms. The van der Waals surface area contributed by atoms with Crippen molar-refractivity contribution in [3.63, 3.8) is 0 Å². The number of nitrogens with one attached hydrogen (secondary N) is 1. The second-order valence-corrected chi connectivity index (χ2v) is 8.14. The molecule has 2 aromatic rings. The third-order valence-corrected chi connectivity index (χ3v) is 5.62. The van der Waals surface area contributed by atoms with E-state index in [1.165, 1.54) is 0 Å². The summed E-state index contributed by atoms with van der Waals surface area (Å²) in [6.45, 7) is 8.41. The second-order valence-electron chi connectivity index (χ2n) is 8.14. The van der Waals surface area contributed by atoms with Gasteiger partial charge in [0.2, 0.25) is 0 Å². The highest BCUT2D eigenvalue weighted by molar-refractivity contribution is 5.74. The van der Waals surface area contributed by atoms with Crippen LogP contribution in [0.1, 0.15) is 43.0 Å². The fraction of sp³-hybridized carbons (Fsp3) is 0.320. The van der Waals surface area contributed by atoms with E-state index >= 15 is 0 Å². The standard InChI is InChI=1S/C25H34N6O2/c1-17(16-30(4)28-3)19-5-10-22-23(15-19)24(11-12-31(27)25(22)18(2)26)29-20-6-8-21(9-7-20)33-14-13-32/h5-10,15-16,24,29,32H,3,11-14,26-27H2,1-2,4H3/b17-16+,25-18-. The number of benzene rings is 2. The van der Waals surface area contributed by atoms with Crippen LogP contribution in [-0.4, -0.2) is 48.6 Å². The Kier molecular flexibility index (Phi) is 7.97. The zero-order valence-electron chi connectivity index (χ0n) is 19.6. The molecule has 0 saturated carbocycles. The Labute approximate surface area is 195 Å². The molecule has 1 unspecified atom stereocenters. The molecule has 0 radical (unpaired) electrons. The summed E-state index contributed by atoms with van der Waals surface area (Å²) in [5.74, 6) is 7.11. The number of hydrazine groups is 1. The van der Waals surface area contributed by atoms with E-state index < -0.39 is 0 Å². The van der Waals surface area contributed by atoms with E-state index in [2.05, 4.69) is 35.3 Å². The molecular formula is C25H34N6O2. The van der Waals surface area contributed by atoms with Crippen LogP contribution in [0.4, 0.5) is 5.69 Å². The van der Waals surface area contributed by atoms with Crippen molar-refractivity contribution in [2.45, 2.75) is 26.3 Å². The number of hydrazone groups is 1. The molecule has 0 amide bonds. The Morgan fingerprint density at radius 2 is 2.03 bits per heavy atom. The molecule has 0 aliphatic carbocycles. The lowest BCUT2D eigenvalue weighted by Gasteiger charge is -2.22.